The minimum atomic E-state index is -1.09. The van der Waals surface area contributed by atoms with Crippen LogP contribution in [0.15, 0.2) is 0 Å². The van der Waals surface area contributed by atoms with Crippen molar-refractivity contribution < 1.29 is 24.2 Å². The number of carbonyl (C=O) groups is 3. The molecule has 3 amide bonds. The van der Waals surface area contributed by atoms with E-state index in [9.17, 15) is 14.4 Å². The first kappa shape index (κ1) is 17.2. The summed E-state index contributed by atoms with van der Waals surface area (Å²) in [6.45, 7) is 3.00. The van der Waals surface area contributed by atoms with Crippen molar-refractivity contribution >= 4 is 17.9 Å². The standard InChI is InChI=1S/C13H23N3O5/c1-3-10-11(17)14-6-7-16(10)13(20)15-9(12(18)19)5-4-8-21-2/h9-10H,3-8H2,1-2H3,(H,14,17)(H,15,20)(H,18,19). The maximum Gasteiger partial charge on any atom is 0.326 e. The lowest BCUT2D eigenvalue weighted by atomic mass is 10.1. The van der Waals surface area contributed by atoms with Crippen molar-refractivity contribution in [1.29, 1.82) is 0 Å². The van der Waals surface area contributed by atoms with Crippen molar-refractivity contribution in [2.45, 2.75) is 38.3 Å². The highest BCUT2D eigenvalue weighted by Gasteiger charge is 2.33. The van der Waals surface area contributed by atoms with Crippen LogP contribution in [0.5, 0.6) is 0 Å². The van der Waals surface area contributed by atoms with Crippen LogP contribution in [0.25, 0.3) is 0 Å². The quantitative estimate of drug-likeness (QED) is 0.564. The molecular formula is C13H23N3O5. The number of aliphatic carboxylic acids is 1. The van der Waals surface area contributed by atoms with Gasteiger partial charge in [-0.1, -0.05) is 6.92 Å². The van der Waals surface area contributed by atoms with E-state index in [-0.39, 0.29) is 12.3 Å². The molecule has 2 unspecified atom stereocenters. The lowest BCUT2D eigenvalue weighted by molar-refractivity contribution is -0.139. The van der Waals surface area contributed by atoms with Gasteiger partial charge in [-0.15, -0.1) is 0 Å². The maximum atomic E-state index is 12.2. The molecule has 0 aliphatic carbocycles. The monoisotopic (exact) mass is 301 g/mol. The minimum absolute atomic E-state index is 0.204. The number of nitrogens with one attached hydrogen (secondary N) is 2. The van der Waals surface area contributed by atoms with E-state index in [1.54, 1.807) is 0 Å². The summed E-state index contributed by atoms with van der Waals surface area (Å²) < 4.78 is 4.87. The Morgan fingerprint density at radius 2 is 2.29 bits per heavy atom. The highest BCUT2D eigenvalue weighted by Crippen LogP contribution is 2.09. The van der Waals surface area contributed by atoms with Crippen LogP contribution in [0.2, 0.25) is 0 Å². The summed E-state index contributed by atoms with van der Waals surface area (Å²) in [5.74, 6) is -1.29. The van der Waals surface area contributed by atoms with E-state index in [0.717, 1.165) is 0 Å². The van der Waals surface area contributed by atoms with E-state index < -0.39 is 24.1 Å². The molecule has 0 spiro atoms. The number of hydrogen-bond acceptors (Lipinski definition) is 4. The van der Waals surface area contributed by atoms with Gasteiger partial charge in [0.1, 0.15) is 12.1 Å². The molecule has 120 valence electrons. The highest BCUT2D eigenvalue weighted by atomic mass is 16.5. The van der Waals surface area contributed by atoms with Gasteiger partial charge in [0.15, 0.2) is 0 Å². The first-order chi connectivity index (χ1) is 10.0. The molecule has 8 nitrogen and oxygen atoms in total. The van der Waals surface area contributed by atoms with Crippen LogP contribution in [-0.4, -0.2) is 66.8 Å². The Hall–Kier alpha value is -1.83. The molecule has 0 aromatic carbocycles. The molecule has 1 aliphatic rings. The fraction of sp³-hybridized carbons (Fsp3) is 0.769. The molecule has 21 heavy (non-hydrogen) atoms. The first-order valence-corrected chi connectivity index (χ1v) is 7.07. The number of carboxylic acid groups (broad SMARTS) is 1. The van der Waals surface area contributed by atoms with Gasteiger partial charge >= 0.3 is 12.0 Å². The zero-order valence-electron chi connectivity index (χ0n) is 12.4. The SMILES string of the molecule is CCC1C(=O)NCCN1C(=O)NC(CCCOC)C(=O)O. The molecule has 0 bridgehead atoms. The van der Waals surface area contributed by atoms with E-state index in [1.807, 2.05) is 6.92 Å². The number of piperazine rings is 1. The molecule has 0 radical (unpaired) electrons. The van der Waals surface area contributed by atoms with Gasteiger partial charge in [0, 0.05) is 26.8 Å². The van der Waals surface area contributed by atoms with Crippen LogP contribution < -0.4 is 10.6 Å². The Kier molecular flexibility index (Phi) is 6.93. The molecular weight excluding hydrogens is 278 g/mol. The van der Waals surface area contributed by atoms with Gasteiger partial charge in [-0.3, -0.25) is 4.79 Å². The first-order valence-electron chi connectivity index (χ1n) is 7.07. The van der Waals surface area contributed by atoms with Crippen molar-refractivity contribution in [2.24, 2.45) is 0 Å². The summed E-state index contributed by atoms with van der Waals surface area (Å²) >= 11 is 0. The fourth-order valence-corrected chi connectivity index (χ4v) is 2.28. The maximum absolute atomic E-state index is 12.2. The van der Waals surface area contributed by atoms with Gasteiger partial charge in [-0.05, 0) is 19.3 Å². The Labute approximate surface area is 123 Å². The molecule has 0 saturated carbocycles. The molecule has 1 aliphatic heterocycles. The van der Waals surface area contributed by atoms with Gasteiger partial charge < -0.3 is 25.4 Å². The van der Waals surface area contributed by atoms with Crippen LogP contribution in [0.3, 0.4) is 0 Å². The van der Waals surface area contributed by atoms with Crippen LogP contribution in [-0.2, 0) is 14.3 Å². The van der Waals surface area contributed by atoms with E-state index in [2.05, 4.69) is 10.6 Å². The lowest BCUT2D eigenvalue weighted by Gasteiger charge is -2.35. The number of ether oxygens (including phenoxy) is 1. The van der Waals surface area contributed by atoms with Gasteiger partial charge in [0.2, 0.25) is 5.91 Å². The van der Waals surface area contributed by atoms with E-state index in [0.29, 0.717) is 32.5 Å². The summed E-state index contributed by atoms with van der Waals surface area (Å²) in [6.07, 6.45) is 1.30. The summed E-state index contributed by atoms with van der Waals surface area (Å²) in [5, 5.41) is 14.3. The molecule has 1 heterocycles. The fourth-order valence-electron chi connectivity index (χ4n) is 2.28. The second kappa shape index (κ2) is 8.46. The highest BCUT2D eigenvalue weighted by molar-refractivity contribution is 5.89. The van der Waals surface area contributed by atoms with Crippen LogP contribution >= 0.6 is 0 Å². The number of amides is 3. The average Bonchev–Trinajstić information content (AvgIpc) is 2.45. The van der Waals surface area contributed by atoms with Gasteiger partial charge in [-0.25, -0.2) is 9.59 Å². The van der Waals surface area contributed by atoms with E-state index in [4.69, 9.17) is 9.84 Å². The number of carbonyl (C=O) groups excluding carboxylic acids is 2. The molecule has 8 heteroatoms. The third-order valence-corrected chi connectivity index (χ3v) is 3.42. The van der Waals surface area contributed by atoms with Crippen molar-refractivity contribution in [1.82, 2.24) is 15.5 Å². The largest absolute Gasteiger partial charge is 0.480 e. The third kappa shape index (κ3) is 4.89. The smallest absolute Gasteiger partial charge is 0.326 e. The molecule has 3 N–H and O–H groups in total. The average molecular weight is 301 g/mol. The molecule has 1 saturated heterocycles. The molecule has 0 aromatic rings. The van der Waals surface area contributed by atoms with Crippen molar-refractivity contribution in [3.8, 4) is 0 Å². The van der Waals surface area contributed by atoms with Crippen molar-refractivity contribution in [3.05, 3.63) is 0 Å². The predicted molar refractivity (Wildman–Crippen MR) is 74.9 cm³/mol. The minimum Gasteiger partial charge on any atom is -0.480 e. The van der Waals surface area contributed by atoms with E-state index >= 15 is 0 Å². The number of urea groups is 1. The molecule has 1 fully saturated rings. The second-order valence-electron chi connectivity index (χ2n) is 4.88. The molecule has 0 aromatic heterocycles. The number of methoxy groups -OCH3 is 1. The van der Waals surface area contributed by atoms with E-state index in [1.165, 1.54) is 12.0 Å². The predicted octanol–water partition coefficient (Wildman–Crippen LogP) is -0.214. The van der Waals surface area contributed by atoms with Crippen LogP contribution in [0.4, 0.5) is 4.79 Å². The van der Waals surface area contributed by atoms with Gasteiger partial charge in [0.05, 0.1) is 0 Å². The summed E-state index contributed by atoms with van der Waals surface area (Å²) in [7, 11) is 1.53. The van der Waals surface area contributed by atoms with Crippen molar-refractivity contribution in [3.63, 3.8) is 0 Å². The second-order valence-corrected chi connectivity index (χ2v) is 4.88. The number of hydrogen-bond donors (Lipinski definition) is 3. The zero-order valence-corrected chi connectivity index (χ0v) is 12.4. The molecule has 2 atom stereocenters. The Morgan fingerprint density at radius 3 is 2.86 bits per heavy atom. The number of rotatable bonds is 7. The summed E-state index contributed by atoms with van der Waals surface area (Å²) in [6, 6.07) is -2.04. The van der Waals surface area contributed by atoms with Crippen LogP contribution in [0.1, 0.15) is 26.2 Å². The number of carboxylic acids is 1. The normalized spacial score (nSPS) is 19.8. The summed E-state index contributed by atoms with van der Waals surface area (Å²) in [5.41, 5.74) is 0. The number of nitrogens with zero attached hydrogens (tertiary/aromatic N) is 1. The topological polar surface area (TPSA) is 108 Å². The van der Waals surface area contributed by atoms with Crippen LogP contribution in [0, 0.1) is 0 Å². The van der Waals surface area contributed by atoms with Gasteiger partial charge in [0.25, 0.3) is 0 Å². The Balaban J connectivity index is 2.62. The summed E-state index contributed by atoms with van der Waals surface area (Å²) in [4.78, 5) is 36.5. The van der Waals surface area contributed by atoms with Crippen molar-refractivity contribution in [2.75, 3.05) is 26.8 Å². The zero-order chi connectivity index (χ0) is 15.8. The Morgan fingerprint density at radius 1 is 1.57 bits per heavy atom. The lowest BCUT2D eigenvalue weighted by Crippen LogP contribution is -2.60. The van der Waals surface area contributed by atoms with Gasteiger partial charge in [-0.2, -0.15) is 0 Å². The Bertz CT molecular complexity index is 388. The molecule has 1 rings (SSSR count). The third-order valence-electron chi connectivity index (χ3n) is 3.42.